The molecule has 0 aromatic heterocycles. The van der Waals surface area contributed by atoms with E-state index in [1.54, 1.807) is 0 Å². The van der Waals surface area contributed by atoms with Gasteiger partial charge in [-0.2, -0.15) is 0 Å². The van der Waals surface area contributed by atoms with Crippen LogP contribution in [0, 0.1) is 5.82 Å². The monoisotopic (exact) mass is 311 g/mol. The summed E-state index contributed by atoms with van der Waals surface area (Å²) >= 11 is 5.57. The van der Waals surface area contributed by atoms with Crippen molar-refractivity contribution in [2.24, 2.45) is 0 Å². The van der Waals surface area contributed by atoms with Gasteiger partial charge >= 0.3 is 5.97 Å². The van der Waals surface area contributed by atoms with Crippen molar-refractivity contribution in [2.75, 3.05) is 13.2 Å². The van der Waals surface area contributed by atoms with Crippen molar-refractivity contribution in [3.63, 3.8) is 0 Å². The quantitative estimate of drug-likeness (QED) is 0.675. The molecule has 0 spiro atoms. The van der Waals surface area contributed by atoms with E-state index in [2.05, 4.69) is 0 Å². The molecule has 0 saturated heterocycles. The van der Waals surface area contributed by atoms with Crippen molar-refractivity contribution < 1.29 is 27.8 Å². The van der Waals surface area contributed by atoms with Crippen LogP contribution in [0.15, 0.2) is 17.0 Å². The third kappa shape index (κ3) is 3.87. The molecule has 6 nitrogen and oxygen atoms in total. The van der Waals surface area contributed by atoms with Gasteiger partial charge in [0, 0.05) is 18.2 Å². The van der Waals surface area contributed by atoms with Gasteiger partial charge in [0.05, 0.1) is 5.56 Å². The van der Waals surface area contributed by atoms with Crippen LogP contribution in [0.4, 0.5) is 4.39 Å². The molecule has 0 aliphatic carbocycles. The molecular formula is C10H11ClFNO5S. The van der Waals surface area contributed by atoms with E-state index >= 15 is 0 Å². The molecule has 0 aliphatic heterocycles. The minimum absolute atomic E-state index is 0.104. The van der Waals surface area contributed by atoms with E-state index in [-0.39, 0.29) is 24.6 Å². The summed E-state index contributed by atoms with van der Waals surface area (Å²) in [6, 6.07) is 1.65. The topological polar surface area (TPSA) is 104 Å². The maximum absolute atomic E-state index is 13.8. The molecule has 0 unspecified atom stereocenters. The Morgan fingerprint density at radius 3 is 2.58 bits per heavy atom. The summed E-state index contributed by atoms with van der Waals surface area (Å²) in [6.07, 6.45) is 0.146. The molecule has 9 heteroatoms. The van der Waals surface area contributed by atoms with Crippen molar-refractivity contribution in [2.45, 2.75) is 11.3 Å². The predicted octanol–water partition coefficient (Wildman–Crippen LogP) is 0.838. The molecule has 0 amide bonds. The summed E-state index contributed by atoms with van der Waals surface area (Å²) in [4.78, 5) is 9.93. The molecule has 0 bridgehead atoms. The summed E-state index contributed by atoms with van der Waals surface area (Å²) in [7, 11) is -4.23. The van der Waals surface area contributed by atoms with Crippen LogP contribution in [0.2, 0.25) is 5.02 Å². The Labute approximate surface area is 113 Å². The van der Waals surface area contributed by atoms with Crippen LogP contribution in [0.5, 0.6) is 0 Å². The highest BCUT2D eigenvalue weighted by molar-refractivity contribution is 7.89. The number of benzene rings is 1. The predicted molar refractivity (Wildman–Crippen MR) is 65.3 cm³/mol. The number of aromatic carboxylic acids is 1. The van der Waals surface area contributed by atoms with Gasteiger partial charge in [0.2, 0.25) is 10.0 Å². The summed E-state index contributed by atoms with van der Waals surface area (Å²) in [5, 5.41) is 17.1. The molecule has 0 atom stereocenters. The molecule has 0 heterocycles. The van der Waals surface area contributed by atoms with E-state index in [1.807, 2.05) is 4.72 Å². The third-order valence-electron chi connectivity index (χ3n) is 2.15. The SMILES string of the molecule is O=C(O)c1cc(Cl)cc(S(=O)(=O)NCCCO)c1F. The van der Waals surface area contributed by atoms with Gasteiger partial charge in [0.25, 0.3) is 0 Å². The van der Waals surface area contributed by atoms with Crippen LogP contribution in [0.25, 0.3) is 0 Å². The molecule has 0 radical (unpaired) electrons. The second kappa shape index (κ2) is 6.29. The lowest BCUT2D eigenvalue weighted by Crippen LogP contribution is -2.26. The Balaban J connectivity index is 3.23. The number of sulfonamides is 1. The highest BCUT2D eigenvalue weighted by Crippen LogP contribution is 2.23. The Hall–Kier alpha value is -1.22. The molecule has 0 fully saturated rings. The van der Waals surface area contributed by atoms with Crippen LogP contribution in [-0.2, 0) is 10.0 Å². The minimum Gasteiger partial charge on any atom is -0.478 e. The van der Waals surface area contributed by atoms with Crippen LogP contribution in [-0.4, -0.2) is 37.8 Å². The zero-order chi connectivity index (χ0) is 14.6. The zero-order valence-electron chi connectivity index (χ0n) is 9.56. The summed E-state index contributed by atoms with van der Waals surface area (Å²) in [6.45, 7) is -0.339. The average Bonchev–Trinajstić information content (AvgIpc) is 2.31. The second-order valence-electron chi connectivity index (χ2n) is 3.55. The minimum atomic E-state index is -4.23. The van der Waals surface area contributed by atoms with Gasteiger partial charge in [-0.3, -0.25) is 0 Å². The fourth-order valence-corrected chi connectivity index (χ4v) is 2.76. The van der Waals surface area contributed by atoms with Gasteiger partial charge in [-0.05, 0) is 18.6 Å². The molecule has 1 rings (SSSR count). The molecule has 106 valence electrons. The number of carbonyl (C=O) groups is 1. The zero-order valence-corrected chi connectivity index (χ0v) is 11.1. The van der Waals surface area contributed by atoms with E-state index < -0.39 is 32.3 Å². The van der Waals surface area contributed by atoms with Crippen LogP contribution in [0.1, 0.15) is 16.8 Å². The Morgan fingerprint density at radius 1 is 1.42 bits per heavy atom. The second-order valence-corrected chi connectivity index (χ2v) is 5.72. The van der Waals surface area contributed by atoms with Gasteiger partial charge < -0.3 is 10.2 Å². The van der Waals surface area contributed by atoms with E-state index in [4.69, 9.17) is 21.8 Å². The Bertz CT molecular complexity index is 590. The Morgan fingerprint density at radius 2 is 2.05 bits per heavy atom. The highest BCUT2D eigenvalue weighted by atomic mass is 35.5. The van der Waals surface area contributed by atoms with Gasteiger partial charge in [-0.15, -0.1) is 0 Å². The summed E-state index contributed by atoms with van der Waals surface area (Å²) in [5.74, 6) is -3.00. The molecule has 0 aliphatic rings. The fraction of sp³-hybridized carbons (Fsp3) is 0.300. The Kier molecular flexibility index (Phi) is 5.24. The molecule has 1 aromatic rings. The fourth-order valence-electron chi connectivity index (χ4n) is 1.28. The van der Waals surface area contributed by atoms with Crippen LogP contribution >= 0.6 is 11.6 Å². The first kappa shape index (κ1) is 15.8. The maximum Gasteiger partial charge on any atom is 0.338 e. The largest absolute Gasteiger partial charge is 0.478 e. The van der Waals surface area contributed by atoms with Gasteiger partial charge in [0.15, 0.2) is 5.82 Å². The molecule has 19 heavy (non-hydrogen) atoms. The lowest BCUT2D eigenvalue weighted by molar-refractivity contribution is 0.0691. The number of hydrogen-bond donors (Lipinski definition) is 3. The van der Waals surface area contributed by atoms with Crippen LogP contribution in [0.3, 0.4) is 0 Å². The first-order valence-electron chi connectivity index (χ1n) is 5.12. The van der Waals surface area contributed by atoms with E-state index in [1.165, 1.54) is 0 Å². The summed E-state index contributed by atoms with van der Waals surface area (Å²) < 4.78 is 39.4. The number of hydrogen-bond acceptors (Lipinski definition) is 4. The smallest absolute Gasteiger partial charge is 0.338 e. The standard InChI is InChI=1S/C10H11ClFNO5S/c11-6-4-7(10(15)16)9(12)8(5-6)19(17,18)13-2-1-3-14/h4-5,13-14H,1-3H2,(H,15,16). The third-order valence-corrected chi connectivity index (χ3v) is 3.83. The summed E-state index contributed by atoms with van der Waals surface area (Å²) in [5.41, 5.74) is -0.824. The van der Waals surface area contributed by atoms with Crippen molar-refractivity contribution in [3.05, 3.63) is 28.5 Å². The van der Waals surface area contributed by atoms with Crippen molar-refractivity contribution in [3.8, 4) is 0 Å². The normalized spacial score (nSPS) is 11.5. The first-order valence-corrected chi connectivity index (χ1v) is 6.98. The maximum atomic E-state index is 13.8. The number of carboxylic acid groups (broad SMARTS) is 1. The molecule has 3 N–H and O–H groups in total. The number of rotatable bonds is 6. The molecule has 0 saturated carbocycles. The number of halogens is 2. The number of aliphatic hydroxyl groups excluding tert-OH is 1. The average molecular weight is 312 g/mol. The lowest BCUT2D eigenvalue weighted by Gasteiger charge is -2.09. The number of aliphatic hydroxyl groups is 1. The van der Waals surface area contributed by atoms with E-state index in [9.17, 15) is 17.6 Å². The van der Waals surface area contributed by atoms with E-state index in [0.717, 1.165) is 12.1 Å². The molecule has 1 aromatic carbocycles. The van der Waals surface area contributed by atoms with Crippen molar-refractivity contribution in [1.82, 2.24) is 4.72 Å². The molecular weight excluding hydrogens is 301 g/mol. The van der Waals surface area contributed by atoms with Gasteiger partial charge in [-0.1, -0.05) is 11.6 Å². The van der Waals surface area contributed by atoms with Crippen molar-refractivity contribution >= 4 is 27.6 Å². The van der Waals surface area contributed by atoms with Gasteiger partial charge in [0.1, 0.15) is 4.90 Å². The van der Waals surface area contributed by atoms with E-state index in [0.29, 0.717) is 0 Å². The highest BCUT2D eigenvalue weighted by Gasteiger charge is 2.24. The van der Waals surface area contributed by atoms with Crippen molar-refractivity contribution in [1.29, 1.82) is 0 Å². The number of carboxylic acids is 1. The first-order chi connectivity index (χ1) is 8.79. The van der Waals surface area contributed by atoms with Crippen LogP contribution < -0.4 is 4.72 Å². The number of nitrogens with one attached hydrogen (secondary N) is 1. The lowest BCUT2D eigenvalue weighted by atomic mass is 10.2. The van der Waals surface area contributed by atoms with Gasteiger partial charge in [-0.25, -0.2) is 22.3 Å².